The van der Waals surface area contributed by atoms with E-state index in [1.54, 1.807) is 38.9 Å². The van der Waals surface area contributed by atoms with Crippen LogP contribution in [0.25, 0.3) is 0 Å². The van der Waals surface area contributed by atoms with E-state index in [1.165, 1.54) is 11.0 Å². The normalized spacial score (nSPS) is 11.0. The Hall–Kier alpha value is -2.48. The van der Waals surface area contributed by atoms with Crippen LogP contribution in [-0.2, 0) is 14.4 Å². The highest BCUT2D eigenvalue weighted by atomic mass is 79.9. The predicted octanol–water partition coefficient (Wildman–Crippen LogP) is 6.57. The second-order valence-corrected chi connectivity index (χ2v) is 10.4. The molecule has 0 aromatic heterocycles. The highest BCUT2D eigenvalue weighted by Crippen LogP contribution is 2.15. The number of rotatable bonds is 14. The van der Waals surface area contributed by atoms with Gasteiger partial charge in [0.05, 0.1) is 13.1 Å². The minimum Gasteiger partial charge on any atom is -0.347 e. The van der Waals surface area contributed by atoms with E-state index < -0.39 is 5.83 Å². The van der Waals surface area contributed by atoms with Crippen LogP contribution in [0, 0.1) is 11.8 Å². The van der Waals surface area contributed by atoms with Crippen molar-refractivity contribution in [3.63, 3.8) is 0 Å². The minimum atomic E-state index is -0.451. The Labute approximate surface area is 233 Å². The van der Waals surface area contributed by atoms with E-state index in [9.17, 15) is 18.8 Å². The van der Waals surface area contributed by atoms with E-state index in [4.69, 9.17) is 0 Å². The van der Waals surface area contributed by atoms with E-state index in [1.807, 2.05) is 6.08 Å². The smallest absolute Gasteiger partial charge is 0.242 e. The third kappa shape index (κ3) is 26.4. The number of carbonyl (C=O) groups excluding carboxylic acids is 3. The Balaban J connectivity index is -0.000000730. The average Bonchev–Trinajstić information content (AvgIpc) is 2.79. The number of nitrogens with zero attached hydrogens (tertiary/aromatic N) is 2. The van der Waals surface area contributed by atoms with Crippen molar-refractivity contribution in [3.8, 4) is 0 Å². The van der Waals surface area contributed by atoms with Gasteiger partial charge in [0.1, 0.15) is 5.83 Å². The number of halogens is 2. The fourth-order valence-electron chi connectivity index (χ4n) is 2.32. The molecule has 0 saturated heterocycles. The van der Waals surface area contributed by atoms with Crippen molar-refractivity contribution in [3.05, 3.63) is 60.4 Å². The van der Waals surface area contributed by atoms with Gasteiger partial charge in [-0.1, -0.05) is 68.9 Å². The second-order valence-electron chi connectivity index (χ2n) is 9.40. The molecule has 0 spiro atoms. The van der Waals surface area contributed by atoms with Crippen molar-refractivity contribution in [2.24, 2.45) is 11.8 Å². The molecule has 1 unspecified atom stereocenters. The van der Waals surface area contributed by atoms with Gasteiger partial charge in [-0.2, -0.15) is 0 Å². The third-order valence-electron chi connectivity index (χ3n) is 4.56. The SMILES string of the molecule is C=C(F)/C=C(/C)C(=C)Br.C=CCCCCN(C)C(=O)CN(C)C(=O)CNC(=O)C(C)CC=C.CC(C)C. The molecule has 6 nitrogen and oxygen atoms in total. The van der Waals surface area contributed by atoms with Gasteiger partial charge < -0.3 is 15.1 Å². The highest BCUT2D eigenvalue weighted by Gasteiger charge is 2.17. The molecule has 0 radical (unpaired) electrons. The zero-order chi connectivity index (χ0) is 29.6. The van der Waals surface area contributed by atoms with Gasteiger partial charge in [-0.3, -0.25) is 14.4 Å². The fraction of sp³-hybridized carbons (Fsp3) is 0.552. The number of hydrogen-bond acceptors (Lipinski definition) is 3. The molecule has 37 heavy (non-hydrogen) atoms. The Morgan fingerprint density at radius 2 is 1.51 bits per heavy atom. The van der Waals surface area contributed by atoms with Crippen LogP contribution in [0.2, 0.25) is 0 Å². The number of amides is 3. The number of likely N-dealkylation sites (N-methyl/N-ethyl adjacent to an activating group) is 2. The molecule has 3 amide bonds. The molecular weight excluding hydrogens is 537 g/mol. The lowest BCUT2D eigenvalue weighted by Crippen LogP contribution is -2.44. The van der Waals surface area contributed by atoms with Gasteiger partial charge >= 0.3 is 0 Å². The van der Waals surface area contributed by atoms with E-state index in [0.717, 1.165) is 30.8 Å². The first-order valence-electron chi connectivity index (χ1n) is 12.4. The molecule has 212 valence electrons. The van der Waals surface area contributed by atoms with Crippen LogP contribution in [0.1, 0.15) is 60.3 Å². The molecule has 0 aliphatic rings. The van der Waals surface area contributed by atoms with Gasteiger partial charge in [-0.15, -0.1) is 13.2 Å². The molecule has 0 bridgehead atoms. The lowest BCUT2D eigenvalue weighted by atomic mass is 10.1. The van der Waals surface area contributed by atoms with Crippen LogP contribution in [0.5, 0.6) is 0 Å². The van der Waals surface area contributed by atoms with Crippen LogP contribution < -0.4 is 5.32 Å². The number of allylic oxidation sites excluding steroid dienone is 6. The molecule has 0 heterocycles. The van der Waals surface area contributed by atoms with E-state index >= 15 is 0 Å². The Kier molecular flexibility index (Phi) is 25.2. The van der Waals surface area contributed by atoms with Gasteiger partial charge in [-0.25, -0.2) is 4.39 Å². The maximum absolute atomic E-state index is 12.1. The van der Waals surface area contributed by atoms with E-state index in [2.05, 4.69) is 68.3 Å². The number of unbranched alkanes of at least 4 members (excludes halogenated alkanes) is 2. The molecule has 0 aliphatic heterocycles. The lowest BCUT2D eigenvalue weighted by molar-refractivity contribution is -0.139. The van der Waals surface area contributed by atoms with Crippen molar-refractivity contribution in [1.82, 2.24) is 15.1 Å². The second kappa shape index (κ2) is 23.9. The third-order valence-corrected chi connectivity index (χ3v) is 5.18. The van der Waals surface area contributed by atoms with Crippen molar-refractivity contribution >= 4 is 33.7 Å². The molecule has 0 aromatic carbocycles. The van der Waals surface area contributed by atoms with Gasteiger partial charge in [0.15, 0.2) is 0 Å². The van der Waals surface area contributed by atoms with Gasteiger partial charge in [-0.05, 0) is 50.2 Å². The molecule has 0 aliphatic carbocycles. The molecule has 1 N–H and O–H groups in total. The largest absolute Gasteiger partial charge is 0.347 e. The molecule has 0 rings (SSSR count). The molecule has 0 saturated carbocycles. The van der Waals surface area contributed by atoms with Crippen LogP contribution in [-0.4, -0.2) is 61.3 Å². The average molecular weight is 587 g/mol. The zero-order valence-corrected chi connectivity index (χ0v) is 25.6. The summed E-state index contributed by atoms with van der Waals surface area (Å²) in [4.78, 5) is 38.8. The van der Waals surface area contributed by atoms with Crippen LogP contribution in [0.3, 0.4) is 0 Å². The summed E-state index contributed by atoms with van der Waals surface area (Å²) >= 11 is 3.10. The summed E-state index contributed by atoms with van der Waals surface area (Å²) in [6.45, 7) is 24.5. The Morgan fingerprint density at radius 1 is 0.973 bits per heavy atom. The molecule has 8 heteroatoms. The molecule has 0 aromatic rings. The topological polar surface area (TPSA) is 69.7 Å². The number of carbonyl (C=O) groups is 3. The van der Waals surface area contributed by atoms with Crippen molar-refractivity contribution in [2.75, 3.05) is 33.7 Å². The van der Waals surface area contributed by atoms with Crippen molar-refractivity contribution in [2.45, 2.75) is 60.3 Å². The highest BCUT2D eigenvalue weighted by molar-refractivity contribution is 9.11. The standard InChI is InChI=1S/C18H31N3O3.C7H8BrF.C4H10/c1-6-8-9-10-12-20(4)17(23)14-21(5)16(22)13-19-18(24)15(3)11-7-2;1-5(7(3)8)4-6(2)9;1-4(2)3/h6-7,15H,1-2,8-14H2,3-5H3,(H,19,24);4H,2-3H2,1H3;4H,1-3H3/b;5-4-;. The van der Waals surface area contributed by atoms with Gasteiger partial charge in [0, 0.05) is 31.0 Å². The van der Waals surface area contributed by atoms with Crippen LogP contribution >= 0.6 is 15.9 Å². The number of nitrogens with one attached hydrogen (secondary N) is 1. The lowest BCUT2D eigenvalue weighted by Gasteiger charge is -2.22. The minimum absolute atomic E-state index is 0.00880. The van der Waals surface area contributed by atoms with Crippen molar-refractivity contribution in [1.29, 1.82) is 0 Å². The van der Waals surface area contributed by atoms with Gasteiger partial charge in [0.25, 0.3) is 0 Å². The Bertz CT molecular complexity index is 776. The number of hydrogen-bond donors (Lipinski definition) is 1. The fourth-order valence-corrected chi connectivity index (χ4v) is 2.43. The van der Waals surface area contributed by atoms with Crippen LogP contribution in [0.4, 0.5) is 4.39 Å². The summed E-state index contributed by atoms with van der Waals surface area (Å²) < 4.78 is 12.7. The predicted molar refractivity (Wildman–Crippen MR) is 159 cm³/mol. The summed E-state index contributed by atoms with van der Waals surface area (Å²) in [6, 6.07) is 0. The monoisotopic (exact) mass is 585 g/mol. The summed E-state index contributed by atoms with van der Waals surface area (Å²) in [5, 5.41) is 2.59. The molecular formula is C29H49BrFN3O3. The first-order chi connectivity index (χ1) is 17.1. The van der Waals surface area contributed by atoms with Gasteiger partial charge in [0.2, 0.25) is 17.7 Å². The van der Waals surface area contributed by atoms with Crippen molar-refractivity contribution < 1.29 is 18.8 Å². The quantitative estimate of drug-likeness (QED) is 0.142. The summed E-state index contributed by atoms with van der Waals surface area (Å²) in [7, 11) is 3.29. The maximum Gasteiger partial charge on any atom is 0.242 e. The summed E-state index contributed by atoms with van der Waals surface area (Å²) in [6.07, 6.45) is 8.24. The maximum atomic E-state index is 12.1. The van der Waals surface area contributed by atoms with Crippen LogP contribution in [0.15, 0.2) is 60.4 Å². The summed E-state index contributed by atoms with van der Waals surface area (Å²) in [5.74, 6) is -0.433. The van der Waals surface area contributed by atoms with E-state index in [0.29, 0.717) is 17.4 Å². The Morgan fingerprint density at radius 3 is 1.92 bits per heavy atom. The molecule has 1 atom stereocenters. The first kappa shape index (κ1) is 39.0. The summed E-state index contributed by atoms with van der Waals surface area (Å²) in [5.41, 5.74) is 0.752. The first-order valence-corrected chi connectivity index (χ1v) is 13.2. The van der Waals surface area contributed by atoms with E-state index in [-0.39, 0.29) is 36.7 Å². The molecule has 0 fully saturated rings. The zero-order valence-electron chi connectivity index (χ0n) is 24.0.